The molecule has 0 aliphatic heterocycles. The number of ether oxygens (including phenoxy) is 1. The van der Waals surface area contributed by atoms with Gasteiger partial charge in [0.25, 0.3) is 5.91 Å². The smallest absolute Gasteiger partial charge is 0.255 e. The van der Waals surface area contributed by atoms with Crippen LogP contribution >= 0.6 is 0 Å². The first-order chi connectivity index (χ1) is 11.2. The number of nitrogens with zero attached hydrogens (tertiary/aromatic N) is 2. The van der Waals surface area contributed by atoms with E-state index in [1.54, 1.807) is 24.4 Å². The van der Waals surface area contributed by atoms with E-state index in [1.165, 1.54) is 0 Å². The number of carbonyl (C=O) groups excluding carboxylic acids is 1. The van der Waals surface area contributed by atoms with Crippen LogP contribution in [0.2, 0.25) is 0 Å². The van der Waals surface area contributed by atoms with Gasteiger partial charge in [-0.05, 0) is 24.6 Å². The van der Waals surface area contributed by atoms with E-state index in [2.05, 4.69) is 17.2 Å². The van der Waals surface area contributed by atoms with Crippen LogP contribution in [0.25, 0.3) is 0 Å². The first-order valence-corrected chi connectivity index (χ1v) is 7.76. The third kappa shape index (κ3) is 4.45. The Morgan fingerprint density at radius 2 is 2.09 bits per heavy atom. The highest BCUT2D eigenvalue weighted by Gasteiger charge is 2.12. The molecule has 0 bridgehead atoms. The molecule has 0 aliphatic rings. The van der Waals surface area contributed by atoms with Crippen LogP contribution in [0.1, 0.15) is 30.1 Å². The molecular weight excluding hydrogens is 290 g/mol. The van der Waals surface area contributed by atoms with E-state index < -0.39 is 0 Å². The van der Waals surface area contributed by atoms with Crippen molar-refractivity contribution in [3.63, 3.8) is 0 Å². The number of nitrogens with one attached hydrogen (secondary N) is 1. The standard InChI is InChI=1S/C18H23N3O2/c1-4-5-10-21(2)18(22)14-11-15(13-19-12-14)20-16-8-6-7-9-17(16)23-3/h6-9,11-13,20H,4-5,10H2,1-3H3. The van der Waals surface area contributed by atoms with E-state index in [-0.39, 0.29) is 5.91 Å². The number of benzene rings is 1. The average Bonchev–Trinajstić information content (AvgIpc) is 2.59. The molecule has 0 saturated heterocycles. The van der Waals surface area contributed by atoms with Gasteiger partial charge in [0.05, 0.1) is 30.2 Å². The number of para-hydroxylation sites is 2. The highest BCUT2D eigenvalue weighted by Crippen LogP contribution is 2.27. The molecular formula is C18H23N3O2. The lowest BCUT2D eigenvalue weighted by atomic mass is 10.2. The van der Waals surface area contributed by atoms with Gasteiger partial charge in [0.15, 0.2) is 0 Å². The number of rotatable bonds is 7. The van der Waals surface area contributed by atoms with E-state index in [0.717, 1.165) is 36.5 Å². The molecule has 1 amide bonds. The molecule has 0 unspecified atom stereocenters. The van der Waals surface area contributed by atoms with Crippen molar-refractivity contribution in [1.82, 2.24) is 9.88 Å². The van der Waals surface area contributed by atoms with Crippen LogP contribution in [0.15, 0.2) is 42.7 Å². The lowest BCUT2D eigenvalue weighted by molar-refractivity contribution is 0.0793. The van der Waals surface area contributed by atoms with Crippen molar-refractivity contribution in [3.8, 4) is 5.75 Å². The Bertz CT molecular complexity index is 658. The summed E-state index contributed by atoms with van der Waals surface area (Å²) in [6.45, 7) is 2.86. The fourth-order valence-corrected chi connectivity index (χ4v) is 2.25. The van der Waals surface area contributed by atoms with Gasteiger partial charge in [-0.15, -0.1) is 0 Å². The van der Waals surface area contributed by atoms with Gasteiger partial charge in [-0.2, -0.15) is 0 Å². The minimum Gasteiger partial charge on any atom is -0.495 e. The lowest BCUT2D eigenvalue weighted by Crippen LogP contribution is -2.27. The second-order valence-corrected chi connectivity index (χ2v) is 5.37. The summed E-state index contributed by atoms with van der Waals surface area (Å²) in [5.41, 5.74) is 2.16. The molecule has 0 fully saturated rings. The number of pyridine rings is 1. The van der Waals surface area contributed by atoms with E-state index in [4.69, 9.17) is 4.74 Å². The molecule has 0 atom stereocenters. The summed E-state index contributed by atoms with van der Waals surface area (Å²) >= 11 is 0. The van der Waals surface area contributed by atoms with Crippen molar-refractivity contribution in [2.75, 3.05) is 26.0 Å². The SMILES string of the molecule is CCCCN(C)C(=O)c1cncc(Nc2ccccc2OC)c1. The first-order valence-electron chi connectivity index (χ1n) is 7.76. The zero-order valence-corrected chi connectivity index (χ0v) is 13.9. The van der Waals surface area contributed by atoms with Gasteiger partial charge in [-0.25, -0.2) is 0 Å². The zero-order valence-electron chi connectivity index (χ0n) is 13.9. The second kappa shape index (κ2) is 8.17. The maximum atomic E-state index is 12.4. The summed E-state index contributed by atoms with van der Waals surface area (Å²) in [7, 11) is 3.44. The Kier molecular flexibility index (Phi) is 5.97. The predicted octanol–water partition coefficient (Wildman–Crippen LogP) is 3.71. The maximum Gasteiger partial charge on any atom is 0.255 e. The van der Waals surface area contributed by atoms with E-state index in [9.17, 15) is 4.79 Å². The molecule has 0 spiro atoms. The molecule has 5 nitrogen and oxygen atoms in total. The lowest BCUT2D eigenvalue weighted by Gasteiger charge is -2.17. The highest BCUT2D eigenvalue weighted by molar-refractivity contribution is 5.94. The van der Waals surface area contributed by atoms with Gasteiger partial charge in [-0.1, -0.05) is 25.5 Å². The molecule has 2 aromatic rings. The minimum absolute atomic E-state index is 0.0189. The van der Waals surface area contributed by atoms with Gasteiger partial charge in [0.2, 0.25) is 0 Å². The summed E-state index contributed by atoms with van der Waals surface area (Å²) < 4.78 is 5.32. The van der Waals surface area contributed by atoms with Crippen LogP contribution in [0.5, 0.6) is 5.75 Å². The van der Waals surface area contributed by atoms with Crippen molar-refractivity contribution < 1.29 is 9.53 Å². The summed E-state index contributed by atoms with van der Waals surface area (Å²) in [5.74, 6) is 0.721. The Morgan fingerprint density at radius 3 is 2.83 bits per heavy atom. The second-order valence-electron chi connectivity index (χ2n) is 5.37. The van der Waals surface area contributed by atoms with E-state index in [1.807, 2.05) is 37.4 Å². The van der Waals surface area contributed by atoms with Crippen molar-refractivity contribution in [2.45, 2.75) is 19.8 Å². The van der Waals surface area contributed by atoms with Gasteiger partial charge in [0, 0.05) is 19.8 Å². The van der Waals surface area contributed by atoms with Gasteiger partial charge < -0.3 is 15.0 Å². The summed E-state index contributed by atoms with van der Waals surface area (Å²) in [4.78, 5) is 18.3. The number of aromatic nitrogens is 1. The third-order valence-corrected chi connectivity index (χ3v) is 3.56. The van der Waals surface area contributed by atoms with E-state index >= 15 is 0 Å². The molecule has 1 aromatic heterocycles. The Morgan fingerprint density at radius 1 is 1.30 bits per heavy atom. The van der Waals surface area contributed by atoms with Crippen LogP contribution < -0.4 is 10.1 Å². The van der Waals surface area contributed by atoms with Crippen molar-refractivity contribution >= 4 is 17.3 Å². The summed E-state index contributed by atoms with van der Waals surface area (Å²) in [5, 5.41) is 3.24. The number of hydrogen-bond acceptors (Lipinski definition) is 4. The number of anilines is 2. The number of amides is 1. The van der Waals surface area contributed by atoms with Crippen LogP contribution in [0, 0.1) is 0 Å². The molecule has 0 radical (unpaired) electrons. The molecule has 23 heavy (non-hydrogen) atoms. The quantitative estimate of drug-likeness (QED) is 0.846. The maximum absolute atomic E-state index is 12.4. The van der Waals surface area contributed by atoms with Crippen molar-refractivity contribution in [1.29, 1.82) is 0 Å². The highest BCUT2D eigenvalue weighted by atomic mass is 16.5. The number of methoxy groups -OCH3 is 1. The first kappa shape index (κ1) is 16.8. The van der Waals surface area contributed by atoms with Crippen molar-refractivity contribution in [3.05, 3.63) is 48.3 Å². The average molecular weight is 313 g/mol. The fraction of sp³-hybridized carbons (Fsp3) is 0.333. The van der Waals surface area contributed by atoms with Gasteiger partial charge in [-0.3, -0.25) is 9.78 Å². The zero-order chi connectivity index (χ0) is 16.7. The molecule has 2 rings (SSSR count). The Balaban J connectivity index is 2.15. The van der Waals surface area contributed by atoms with Crippen LogP contribution in [0.4, 0.5) is 11.4 Å². The molecule has 122 valence electrons. The van der Waals surface area contributed by atoms with E-state index in [0.29, 0.717) is 5.56 Å². The predicted molar refractivity (Wildman–Crippen MR) is 92.4 cm³/mol. The fourth-order valence-electron chi connectivity index (χ4n) is 2.25. The normalized spacial score (nSPS) is 10.2. The summed E-state index contributed by atoms with van der Waals surface area (Å²) in [6.07, 6.45) is 5.34. The molecule has 1 aromatic carbocycles. The third-order valence-electron chi connectivity index (χ3n) is 3.56. The van der Waals surface area contributed by atoms with Crippen molar-refractivity contribution in [2.24, 2.45) is 0 Å². The molecule has 5 heteroatoms. The molecule has 0 saturated carbocycles. The molecule has 1 heterocycles. The minimum atomic E-state index is -0.0189. The topological polar surface area (TPSA) is 54.5 Å². The number of carbonyl (C=O) groups is 1. The van der Waals surface area contributed by atoms with Gasteiger partial charge >= 0.3 is 0 Å². The number of hydrogen-bond donors (Lipinski definition) is 1. The Labute approximate surface area is 137 Å². The van der Waals surface area contributed by atoms with Crippen LogP contribution in [-0.2, 0) is 0 Å². The largest absolute Gasteiger partial charge is 0.495 e. The number of unbranched alkanes of at least 4 members (excludes halogenated alkanes) is 1. The molecule has 0 aliphatic carbocycles. The van der Waals surface area contributed by atoms with Gasteiger partial charge in [0.1, 0.15) is 5.75 Å². The van der Waals surface area contributed by atoms with Crippen LogP contribution in [-0.4, -0.2) is 36.5 Å². The molecule has 1 N–H and O–H groups in total. The van der Waals surface area contributed by atoms with Crippen LogP contribution in [0.3, 0.4) is 0 Å². The monoisotopic (exact) mass is 313 g/mol. The Hall–Kier alpha value is -2.56. The summed E-state index contributed by atoms with van der Waals surface area (Å²) in [6, 6.07) is 9.44.